The Bertz CT molecular complexity index is 2760. The Hall–Kier alpha value is -7.03. The Balaban J connectivity index is 1.21. The number of benzene rings is 7. The molecule has 1 aliphatic rings. The molecule has 0 atom stereocenters. The predicted octanol–water partition coefficient (Wildman–Crippen LogP) is 11.4. The Kier molecular flexibility index (Phi) is 6.98. The first-order valence-corrected chi connectivity index (χ1v) is 16.8. The van der Waals surface area contributed by atoms with Crippen LogP contribution in [0.25, 0.3) is 65.7 Å². The van der Waals surface area contributed by atoms with E-state index < -0.39 is 0 Å². The van der Waals surface area contributed by atoms with Crippen molar-refractivity contribution < 1.29 is 9.59 Å². The highest BCUT2D eigenvalue weighted by molar-refractivity contribution is 6.36. The first kappa shape index (κ1) is 30.1. The molecule has 240 valence electrons. The lowest BCUT2D eigenvalue weighted by Crippen LogP contribution is -2.30. The smallest absolute Gasteiger partial charge is 0.268 e. The first-order valence-electron chi connectivity index (χ1n) is 16.8. The van der Waals surface area contributed by atoms with Crippen LogP contribution in [-0.4, -0.2) is 16.4 Å². The van der Waals surface area contributed by atoms with E-state index in [1.807, 2.05) is 110 Å². The molecule has 51 heavy (non-hydrogen) atoms. The van der Waals surface area contributed by atoms with Crippen molar-refractivity contribution in [3.8, 4) is 39.1 Å². The van der Waals surface area contributed by atoms with Gasteiger partial charge in [0.2, 0.25) is 0 Å². The molecule has 0 radical (unpaired) electrons. The number of aryl methyl sites for hydroxylation is 1. The first-order chi connectivity index (χ1) is 25.0. The number of amides is 2. The second-order valence-electron chi connectivity index (χ2n) is 12.8. The SMILES string of the molecule is [C-]#[N+]c1ccc(-c2ccc3c(c2)c2ccccc2n3-c2cccc3c2C(=O)N(c2ccc(-c4ccccc4)cc2-c2ccccc2)C3=O)c(C)c1. The van der Waals surface area contributed by atoms with Crippen molar-refractivity contribution in [1.82, 2.24) is 4.57 Å². The van der Waals surface area contributed by atoms with Crippen LogP contribution in [0.15, 0.2) is 158 Å². The fourth-order valence-corrected chi connectivity index (χ4v) is 7.50. The summed E-state index contributed by atoms with van der Waals surface area (Å²) in [4.78, 5) is 34.0. The minimum Gasteiger partial charge on any atom is -0.308 e. The second kappa shape index (κ2) is 11.8. The average molecular weight is 656 g/mol. The highest BCUT2D eigenvalue weighted by Crippen LogP contribution is 2.42. The standard InChI is InChI=1S/C46H29N3O2/c1-29-26-34(47-2)22-23-35(29)33-21-25-42-39(28-33)36-16-9-10-18-40(36)48(42)43-19-11-17-37-44(43)46(51)49(45(37)50)41-24-20-32(30-12-5-3-6-13-30)27-38(41)31-14-7-4-8-15-31/h3-28H,1H3. The van der Waals surface area contributed by atoms with Crippen LogP contribution < -0.4 is 4.90 Å². The van der Waals surface area contributed by atoms with Gasteiger partial charge in [-0.2, -0.15) is 0 Å². The van der Waals surface area contributed by atoms with E-state index in [1.54, 1.807) is 6.07 Å². The van der Waals surface area contributed by atoms with Gasteiger partial charge in [0, 0.05) is 16.3 Å². The van der Waals surface area contributed by atoms with Crippen LogP contribution >= 0.6 is 0 Å². The Morgan fingerprint density at radius 3 is 1.96 bits per heavy atom. The minimum absolute atomic E-state index is 0.345. The monoisotopic (exact) mass is 655 g/mol. The van der Waals surface area contributed by atoms with Gasteiger partial charge in [-0.15, -0.1) is 0 Å². The predicted molar refractivity (Wildman–Crippen MR) is 206 cm³/mol. The van der Waals surface area contributed by atoms with E-state index in [2.05, 4.69) is 57.9 Å². The number of fused-ring (bicyclic) bond motifs is 4. The molecule has 1 aromatic heterocycles. The van der Waals surface area contributed by atoms with Crippen molar-refractivity contribution >= 4 is 45.0 Å². The van der Waals surface area contributed by atoms with Crippen LogP contribution in [0.5, 0.6) is 0 Å². The lowest BCUT2D eigenvalue weighted by Gasteiger charge is -2.20. The maximum absolute atomic E-state index is 14.7. The van der Waals surface area contributed by atoms with Crippen molar-refractivity contribution in [2.75, 3.05) is 4.90 Å². The quantitative estimate of drug-likeness (QED) is 0.137. The zero-order chi connectivity index (χ0) is 34.6. The number of nitrogens with zero attached hydrogens (tertiary/aromatic N) is 3. The topological polar surface area (TPSA) is 46.7 Å². The molecule has 0 saturated heterocycles. The normalized spacial score (nSPS) is 12.4. The molecule has 5 heteroatoms. The third kappa shape index (κ3) is 4.77. The van der Waals surface area contributed by atoms with Gasteiger partial charge in [-0.05, 0) is 77.2 Å². The Morgan fingerprint density at radius 2 is 1.20 bits per heavy atom. The summed E-state index contributed by atoms with van der Waals surface area (Å²) in [5.74, 6) is -0.698. The maximum atomic E-state index is 14.7. The zero-order valence-corrected chi connectivity index (χ0v) is 27.7. The summed E-state index contributed by atoms with van der Waals surface area (Å²) in [5, 5.41) is 2.07. The lowest BCUT2D eigenvalue weighted by atomic mass is 9.97. The summed E-state index contributed by atoms with van der Waals surface area (Å²) in [6, 6.07) is 51.7. The number of hydrogen-bond donors (Lipinski definition) is 0. The summed E-state index contributed by atoms with van der Waals surface area (Å²) in [5.41, 5.74) is 11.3. The summed E-state index contributed by atoms with van der Waals surface area (Å²) >= 11 is 0. The largest absolute Gasteiger partial charge is 0.308 e. The van der Waals surface area contributed by atoms with Gasteiger partial charge in [0.05, 0.1) is 40.1 Å². The number of carbonyl (C=O) groups is 2. The van der Waals surface area contributed by atoms with E-state index in [-0.39, 0.29) is 11.8 Å². The van der Waals surface area contributed by atoms with Crippen molar-refractivity contribution in [2.24, 2.45) is 0 Å². The maximum Gasteiger partial charge on any atom is 0.268 e. The van der Waals surface area contributed by atoms with Gasteiger partial charge in [0.1, 0.15) is 0 Å². The molecule has 8 aromatic rings. The lowest BCUT2D eigenvalue weighted by molar-refractivity contribution is 0.0926. The average Bonchev–Trinajstić information content (AvgIpc) is 3.65. The molecule has 0 saturated carbocycles. The van der Waals surface area contributed by atoms with Gasteiger partial charge in [-0.25, -0.2) is 9.74 Å². The Morgan fingerprint density at radius 1 is 0.490 bits per heavy atom. The molecule has 0 bridgehead atoms. The van der Waals surface area contributed by atoms with Gasteiger partial charge < -0.3 is 4.57 Å². The number of aromatic nitrogens is 1. The van der Waals surface area contributed by atoms with Crippen LogP contribution in [0.2, 0.25) is 0 Å². The van der Waals surface area contributed by atoms with Gasteiger partial charge >= 0.3 is 0 Å². The van der Waals surface area contributed by atoms with E-state index in [1.165, 1.54) is 4.90 Å². The fraction of sp³-hybridized carbons (Fsp3) is 0.0217. The van der Waals surface area contributed by atoms with Crippen LogP contribution in [-0.2, 0) is 0 Å². The van der Waals surface area contributed by atoms with Crippen molar-refractivity contribution in [1.29, 1.82) is 0 Å². The van der Waals surface area contributed by atoms with E-state index in [0.29, 0.717) is 28.2 Å². The molecular weight excluding hydrogens is 627 g/mol. The number of para-hydroxylation sites is 1. The molecule has 0 fully saturated rings. The van der Waals surface area contributed by atoms with Crippen LogP contribution in [0.1, 0.15) is 26.3 Å². The summed E-state index contributed by atoms with van der Waals surface area (Å²) in [7, 11) is 0. The van der Waals surface area contributed by atoms with Crippen molar-refractivity contribution in [3.63, 3.8) is 0 Å². The number of anilines is 1. The van der Waals surface area contributed by atoms with Gasteiger partial charge in [0.15, 0.2) is 5.69 Å². The summed E-state index contributed by atoms with van der Waals surface area (Å²) < 4.78 is 2.10. The van der Waals surface area contributed by atoms with Gasteiger partial charge in [-0.1, -0.05) is 121 Å². The highest BCUT2D eigenvalue weighted by atomic mass is 16.2. The zero-order valence-electron chi connectivity index (χ0n) is 27.7. The molecule has 5 nitrogen and oxygen atoms in total. The molecular formula is C46H29N3O2. The highest BCUT2D eigenvalue weighted by Gasteiger charge is 2.40. The fourth-order valence-electron chi connectivity index (χ4n) is 7.50. The van der Waals surface area contributed by atoms with E-state index in [9.17, 15) is 9.59 Å². The summed E-state index contributed by atoms with van der Waals surface area (Å²) in [6.45, 7) is 9.43. The number of carbonyl (C=O) groups excluding carboxylic acids is 2. The van der Waals surface area contributed by atoms with Crippen molar-refractivity contribution in [3.05, 3.63) is 186 Å². The summed E-state index contributed by atoms with van der Waals surface area (Å²) in [6.07, 6.45) is 0. The van der Waals surface area contributed by atoms with Gasteiger partial charge in [0.25, 0.3) is 11.8 Å². The third-order valence-electron chi connectivity index (χ3n) is 9.89. The molecule has 1 aliphatic heterocycles. The number of hydrogen-bond acceptors (Lipinski definition) is 2. The van der Waals surface area contributed by atoms with Crippen LogP contribution in [0.3, 0.4) is 0 Å². The van der Waals surface area contributed by atoms with Crippen LogP contribution in [0, 0.1) is 13.5 Å². The van der Waals surface area contributed by atoms with Crippen molar-refractivity contribution in [2.45, 2.75) is 6.92 Å². The van der Waals surface area contributed by atoms with E-state index in [4.69, 9.17) is 6.57 Å². The minimum atomic E-state index is -0.353. The third-order valence-corrected chi connectivity index (χ3v) is 9.89. The molecule has 0 spiro atoms. The number of imide groups is 1. The molecule has 2 heterocycles. The van der Waals surface area contributed by atoms with E-state index in [0.717, 1.165) is 60.8 Å². The Labute approximate surface area is 295 Å². The molecule has 0 aliphatic carbocycles. The molecule has 0 unspecified atom stereocenters. The molecule has 7 aromatic carbocycles. The number of rotatable bonds is 5. The molecule has 2 amide bonds. The molecule has 0 N–H and O–H groups in total. The van der Waals surface area contributed by atoms with Gasteiger partial charge in [-0.3, -0.25) is 9.59 Å². The van der Waals surface area contributed by atoms with E-state index >= 15 is 0 Å². The molecule has 9 rings (SSSR count). The second-order valence-corrected chi connectivity index (χ2v) is 12.8. The van der Waals surface area contributed by atoms with Crippen LogP contribution in [0.4, 0.5) is 11.4 Å².